The van der Waals surface area contributed by atoms with Crippen LogP contribution in [-0.4, -0.2) is 24.2 Å². The Labute approximate surface area is 155 Å². The van der Waals surface area contributed by atoms with Crippen LogP contribution in [0.15, 0.2) is 46.9 Å². The smallest absolute Gasteiger partial charge is 0.395 e. The van der Waals surface area contributed by atoms with E-state index in [1.165, 1.54) is 25.1 Å². The lowest BCUT2D eigenvalue weighted by Gasteiger charge is -2.14. The highest BCUT2D eigenvalue weighted by molar-refractivity contribution is 9.10. The van der Waals surface area contributed by atoms with Gasteiger partial charge in [-0.05, 0) is 43.3 Å². The number of anilines is 1. The molecule has 2 aromatic carbocycles. The summed E-state index contributed by atoms with van der Waals surface area (Å²) in [5.41, 5.74) is 0.637. The monoisotopic (exact) mass is 426 g/mol. The number of nitrogens with one attached hydrogen (secondary N) is 2. The SMILES string of the molecule is C[C@H](NC(=O)c1ccc(Br)cc1)C(=O)Nc1ccc2c(c1)OC(F)(F)O2. The molecule has 2 N–H and O–H groups in total. The minimum absolute atomic E-state index is 0.121. The summed E-state index contributed by atoms with van der Waals surface area (Å²) in [6.45, 7) is 1.51. The van der Waals surface area contributed by atoms with Crippen molar-refractivity contribution < 1.29 is 27.8 Å². The van der Waals surface area contributed by atoms with Crippen LogP contribution < -0.4 is 20.1 Å². The highest BCUT2D eigenvalue weighted by Crippen LogP contribution is 2.42. The standard InChI is InChI=1S/C17H13BrF2N2O4/c1-9(21-16(24)10-2-4-11(18)5-3-10)15(23)22-12-6-7-13-14(8-12)26-17(19,20)25-13/h2-9H,1H3,(H,21,24)(H,22,23)/t9-/m0/s1. The molecule has 0 saturated carbocycles. The number of carbonyl (C=O) groups is 2. The molecule has 6 nitrogen and oxygen atoms in total. The molecule has 1 aliphatic heterocycles. The van der Waals surface area contributed by atoms with Crippen LogP contribution in [-0.2, 0) is 4.79 Å². The largest absolute Gasteiger partial charge is 0.586 e. The topological polar surface area (TPSA) is 76.7 Å². The van der Waals surface area contributed by atoms with Crippen molar-refractivity contribution in [3.8, 4) is 11.5 Å². The molecular formula is C17H13BrF2N2O4. The van der Waals surface area contributed by atoms with Crippen LogP contribution in [0.2, 0.25) is 0 Å². The Balaban J connectivity index is 1.61. The average Bonchev–Trinajstić information content (AvgIpc) is 2.88. The van der Waals surface area contributed by atoms with Crippen LogP contribution >= 0.6 is 15.9 Å². The lowest BCUT2D eigenvalue weighted by Crippen LogP contribution is -2.41. The number of fused-ring (bicyclic) bond motifs is 1. The summed E-state index contributed by atoms with van der Waals surface area (Å²) in [7, 11) is 0. The molecule has 0 radical (unpaired) electrons. The van der Waals surface area contributed by atoms with Gasteiger partial charge in [0.05, 0.1) is 0 Å². The first-order valence-corrected chi connectivity index (χ1v) is 8.30. The maximum atomic E-state index is 13.0. The molecule has 136 valence electrons. The van der Waals surface area contributed by atoms with Gasteiger partial charge in [-0.15, -0.1) is 8.78 Å². The van der Waals surface area contributed by atoms with Gasteiger partial charge in [0, 0.05) is 21.8 Å². The van der Waals surface area contributed by atoms with Crippen LogP contribution in [0, 0.1) is 0 Å². The third-order valence-electron chi connectivity index (χ3n) is 3.52. The van der Waals surface area contributed by atoms with E-state index in [-0.39, 0.29) is 17.2 Å². The van der Waals surface area contributed by atoms with Crippen LogP contribution in [0.25, 0.3) is 0 Å². The molecule has 0 aromatic heterocycles. The molecule has 1 aliphatic rings. The van der Waals surface area contributed by atoms with E-state index in [1.54, 1.807) is 24.3 Å². The minimum Gasteiger partial charge on any atom is -0.395 e. The van der Waals surface area contributed by atoms with Crippen LogP contribution in [0.4, 0.5) is 14.5 Å². The molecule has 0 aliphatic carbocycles. The van der Waals surface area contributed by atoms with Gasteiger partial charge in [0.2, 0.25) is 5.91 Å². The minimum atomic E-state index is -3.73. The second kappa shape index (κ2) is 6.91. The fraction of sp³-hybridized carbons (Fsp3) is 0.176. The molecule has 2 aromatic rings. The molecular weight excluding hydrogens is 414 g/mol. The number of hydrogen-bond acceptors (Lipinski definition) is 4. The predicted molar refractivity (Wildman–Crippen MR) is 92.3 cm³/mol. The van der Waals surface area contributed by atoms with Gasteiger partial charge in [-0.25, -0.2) is 0 Å². The fourth-order valence-corrected chi connectivity index (χ4v) is 2.49. The Hall–Kier alpha value is -2.68. The Morgan fingerprint density at radius 3 is 2.42 bits per heavy atom. The summed E-state index contributed by atoms with van der Waals surface area (Å²) in [5, 5.41) is 5.08. The van der Waals surface area contributed by atoms with Gasteiger partial charge >= 0.3 is 6.29 Å². The zero-order valence-corrected chi connectivity index (χ0v) is 15.0. The summed E-state index contributed by atoms with van der Waals surface area (Å²) >= 11 is 3.27. The van der Waals surface area contributed by atoms with E-state index in [1.807, 2.05) is 0 Å². The van der Waals surface area contributed by atoms with Gasteiger partial charge < -0.3 is 20.1 Å². The van der Waals surface area contributed by atoms with Gasteiger partial charge in [0.25, 0.3) is 5.91 Å². The van der Waals surface area contributed by atoms with E-state index in [9.17, 15) is 18.4 Å². The first kappa shape index (κ1) is 18.1. The Morgan fingerprint density at radius 2 is 1.73 bits per heavy atom. The number of benzene rings is 2. The van der Waals surface area contributed by atoms with Crippen LogP contribution in [0.1, 0.15) is 17.3 Å². The van der Waals surface area contributed by atoms with Crippen molar-refractivity contribution in [1.82, 2.24) is 5.32 Å². The van der Waals surface area contributed by atoms with Crippen molar-refractivity contribution in [2.24, 2.45) is 0 Å². The Morgan fingerprint density at radius 1 is 1.08 bits per heavy atom. The molecule has 0 spiro atoms. The quantitative estimate of drug-likeness (QED) is 0.783. The Bertz CT molecular complexity index is 858. The number of halogens is 3. The zero-order chi connectivity index (χ0) is 18.9. The maximum absolute atomic E-state index is 13.0. The molecule has 1 heterocycles. The molecule has 3 rings (SSSR count). The predicted octanol–water partition coefficient (Wildman–Crippen LogP) is 3.53. The van der Waals surface area contributed by atoms with Gasteiger partial charge in [-0.2, -0.15) is 0 Å². The third-order valence-corrected chi connectivity index (χ3v) is 4.04. The highest BCUT2D eigenvalue weighted by atomic mass is 79.9. The first-order chi connectivity index (χ1) is 12.2. The van der Waals surface area contributed by atoms with Crippen molar-refractivity contribution in [1.29, 1.82) is 0 Å². The van der Waals surface area contributed by atoms with Gasteiger partial charge in [-0.1, -0.05) is 15.9 Å². The highest BCUT2D eigenvalue weighted by Gasteiger charge is 2.43. The lowest BCUT2D eigenvalue weighted by molar-refractivity contribution is -0.286. The normalized spacial score (nSPS) is 15.2. The van der Waals surface area contributed by atoms with Crippen molar-refractivity contribution >= 4 is 33.4 Å². The second-order valence-corrected chi connectivity index (χ2v) is 6.44. The van der Waals surface area contributed by atoms with E-state index in [0.717, 1.165) is 4.47 Å². The van der Waals surface area contributed by atoms with Gasteiger partial charge in [0.1, 0.15) is 6.04 Å². The number of alkyl halides is 2. The molecule has 0 unspecified atom stereocenters. The molecule has 0 bridgehead atoms. The van der Waals surface area contributed by atoms with Crippen molar-refractivity contribution in [2.75, 3.05) is 5.32 Å². The van der Waals surface area contributed by atoms with Crippen molar-refractivity contribution in [2.45, 2.75) is 19.3 Å². The first-order valence-electron chi connectivity index (χ1n) is 7.51. The molecule has 0 fully saturated rings. The molecule has 0 saturated heterocycles. The van der Waals surface area contributed by atoms with Crippen LogP contribution in [0.3, 0.4) is 0 Å². The van der Waals surface area contributed by atoms with E-state index >= 15 is 0 Å². The number of carbonyl (C=O) groups excluding carboxylic acids is 2. The van der Waals surface area contributed by atoms with E-state index in [2.05, 4.69) is 36.0 Å². The van der Waals surface area contributed by atoms with E-state index < -0.39 is 24.2 Å². The van der Waals surface area contributed by atoms with Crippen molar-refractivity contribution in [3.63, 3.8) is 0 Å². The number of ether oxygens (including phenoxy) is 2. The lowest BCUT2D eigenvalue weighted by atomic mass is 10.2. The molecule has 9 heteroatoms. The van der Waals surface area contributed by atoms with Gasteiger partial charge in [-0.3, -0.25) is 9.59 Å². The molecule has 1 atom stereocenters. The number of hydrogen-bond donors (Lipinski definition) is 2. The zero-order valence-electron chi connectivity index (χ0n) is 13.4. The maximum Gasteiger partial charge on any atom is 0.586 e. The fourth-order valence-electron chi connectivity index (χ4n) is 2.22. The summed E-state index contributed by atoms with van der Waals surface area (Å²) in [6, 6.07) is 9.67. The van der Waals surface area contributed by atoms with E-state index in [0.29, 0.717) is 5.56 Å². The number of amides is 2. The van der Waals surface area contributed by atoms with E-state index in [4.69, 9.17) is 0 Å². The van der Waals surface area contributed by atoms with Crippen molar-refractivity contribution in [3.05, 3.63) is 52.5 Å². The Kier molecular flexibility index (Phi) is 4.82. The number of rotatable bonds is 4. The summed E-state index contributed by atoms with van der Waals surface area (Å²) in [4.78, 5) is 24.3. The second-order valence-electron chi connectivity index (χ2n) is 5.52. The van der Waals surface area contributed by atoms with Crippen LogP contribution in [0.5, 0.6) is 11.5 Å². The summed E-state index contributed by atoms with van der Waals surface area (Å²) in [5.74, 6) is -1.23. The average molecular weight is 427 g/mol. The molecule has 2 amide bonds. The van der Waals surface area contributed by atoms with Gasteiger partial charge in [0.15, 0.2) is 11.5 Å². The summed E-state index contributed by atoms with van der Waals surface area (Å²) < 4.78 is 35.5. The molecule has 26 heavy (non-hydrogen) atoms. The third kappa shape index (κ3) is 4.10. The summed E-state index contributed by atoms with van der Waals surface area (Å²) in [6.07, 6.45) is -3.73.